The predicted molar refractivity (Wildman–Crippen MR) is 60.5 cm³/mol. The molecule has 2 heteroatoms. The van der Waals surface area contributed by atoms with Gasteiger partial charge in [0.25, 0.3) is 0 Å². The summed E-state index contributed by atoms with van der Waals surface area (Å²) >= 11 is 0. The van der Waals surface area contributed by atoms with E-state index in [1.54, 1.807) is 0 Å². The van der Waals surface area contributed by atoms with E-state index in [9.17, 15) is 0 Å². The molecule has 1 aliphatic heterocycles. The van der Waals surface area contributed by atoms with Crippen LogP contribution in [0.5, 0.6) is 0 Å². The third-order valence-electron chi connectivity index (χ3n) is 3.93. The zero-order valence-electron chi connectivity index (χ0n) is 9.87. The van der Waals surface area contributed by atoms with Crippen LogP contribution in [0.15, 0.2) is 0 Å². The van der Waals surface area contributed by atoms with Gasteiger partial charge in [0, 0.05) is 18.1 Å². The summed E-state index contributed by atoms with van der Waals surface area (Å²) < 4.78 is 0. The second-order valence-electron chi connectivity index (χ2n) is 5.26. The van der Waals surface area contributed by atoms with Crippen LogP contribution >= 0.6 is 0 Å². The summed E-state index contributed by atoms with van der Waals surface area (Å²) in [5.41, 5.74) is 0. The van der Waals surface area contributed by atoms with Gasteiger partial charge in [0.05, 0.1) is 0 Å². The topological polar surface area (TPSA) is 6.48 Å². The first-order valence-corrected chi connectivity index (χ1v) is 6.14. The fourth-order valence-corrected chi connectivity index (χ4v) is 2.59. The molecule has 2 fully saturated rings. The average molecular weight is 196 g/mol. The van der Waals surface area contributed by atoms with E-state index in [1.807, 2.05) is 0 Å². The molecule has 0 bridgehead atoms. The summed E-state index contributed by atoms with van der Waals surface area (Å²) in [5.74, 6) is 0. The van der Waals surface area contributed by atoms with E-state index in [4.69, 9.17) is 0 Å². The summed E-state index contributed by atoms with van der Waals surface area (Å²) in [7, 11) is 2.33. The molecule has 0 N–H and O–H groups in total. The van der Waals surface area contributed by atoms with Crippen LogP contribution in [-0.4, -0.2) is 48.1 Å². The Labute approximate surface area is 88.3 Å². The lowest BCUT2D eigenvalue weighted by molar-refractivity contribution is 0.104. The Morgan fingerprint density at radius 2 is 1.50 bits per heavy atom. The first kappa shape index (κ1) is 10.4. The van der Waals surface area contributed by atoms with Crippen molar-refractivity contribution in [3.05, 3.63) is 0 Å². The molecule has 0 radical (unpaired) electrons. The summed E-state index contributed by atoms with van der Waals surface area (Å²) in [6.07, 6.45) is 5.65. The predicted octanol–water partition coefficient (Wildman–Crippen LogP) is 1.95. The molecule has 2 nitrogen and oxygen atoms in total. The van der Waals surface area contributed by atoms with Crippen molar-refractivity contribution in [1.82, 2.24) is 9.80 Å². The highest BCUT2D eigenvalue weighted by Crippen LogP contribution is 2.30. The van der Waals surface area contributed by atoms with Crippen LogP contribution in [0.25, 0.3) is 0 Å². The Bertz CT molecular complexity index is 179. The minimum Gasteiger partial charge on any atom is -0.301 e. The molecule has 14 heavy (non-hydrogen) atoms. The van der Waals surface area contributed by atoms with Crippen molar-refractivity contribution in [2.24, 2.45) is 0 Å². The lowest BCUT2D eigenvalue weighted by Gasteiger charge is -2.38. The van der Waals surface area contributed by atoms with Gasteiger partial charge in [0.1, 0.15) is 0 Å². The summed E-state index contributed by atoms with van der Waals surface area (Å²) in [6, 6.07) is 2.55. The zero-order chi connectivity index (χ0) is 10.1. The molecule has 1 aliphatic carbocycles. The van der Waals surface area contributed by atoms with E-state index in [0.29, 0.717) is 0 Å². The standard InChI is InChI=1S/C12H24N2/c1-10(2)14-8-6-12(7-9-14)13(3)11-4-5-11/h10-12H,4-9H2,1-3H3. The SMILES string of the molecule is CC(C)N1CCC(N(C)C2CC2)CC1. The molecule has 82 valence electrons. The van der Waals surface area contributed by atoms with Gasteiger partial charge in [-0.2, -0.15) is 0 Å². The van der Waals surface area contributed by atoms with E-state index in [1.165, 1.54) is 38.8 Å². The first-order chi connectivity index (χ1) is 6.68. The monoisotopic (exact) mass is 196 g/mol. The second-order valence-corrected chi connectivity index (χ2v) is 5.26. The molecule has 2 aliphatic rings. The normalized spacial score (nSPS) is 26.4. The fourth-order valence-electron chi connectivity index (χ4n) is 2.59. The van der Waals surface area contributed by atoms with Gasteiger partial charge in [0.2, 0.25) is 0 Å². The Hall–Kier alpha value is -0.0800. The molecule has 0 aromatic carbocycles. The number of piperidine rings is 1. The maximum absolute atomic E-state index is 2.64. The summed E-state index contributed by atoms with van der Waals surface area (Å²) in [5, 5.41) is 0. The number of rotatable bonds is 3. The van der Waals surface area contributed by atoms with Gasteiger partial charge in [0.15, 0.2) is 0 Å². The molecular formula is C12H24N2. The number of hydrogen-bond donors (Lipinski definition) is 0. The highest BCUT2D eigenvalue weighted by atomic mass is 15.2. The van der Waals surface area contributed by atoms with Crippen LogP contribution in [0.4, 0.5) is 0 Å². The number of likely N-dealkylation sites (tertiary alicyclic amines) is 1. The molecule has 0 aromatic heterocycles. The zero-order valence-corrected chi connectivity index (χ0v) is 9.87. The van der Waals surface area contributed by atoms with Crippen molar-refractivity contribution in [1.29, 1.82) is 0 Å². The van der Waals surface area contributed by atoms with Crippen molar-refractivity contribution < 1.29 is 0 Å². The van der Waals surface area contributed by atoms with Crippen LogP contribution in [0.1, 0.15) is 39.5 Å². The summed E-state index contributed by atoms with van der Waals surface area (Å²) in [4.78, 5) is 5.24. The molecule has 1 saturated heterocycles. The molecule has 1 saturated carbocycles. The lowest BCUT2D eigenvalue weighted by Crippen LogP contribution is -2.46. The van der Waals surface area contributed by atoms with Crippen molar-refractivity contribution in [2.45, 2.75) is 57.7 Å². The van der Waals surface area contributed by atoms with Gasteiger partial charge in [-0.05, 0) is 59.7 Å². The number of hydrogen-bond acceptors (Lipinski definition) is 2. The van der Waals surface area contributed by atoms with Crippen molar-refractivity contribution >= 4 is 0 Å². The highest BCUT2D eigenvalue weighted by molar-refractivity contribution is 4.89. The van der Waals surface area contributed by atoms with E-state index >= 15 is 0 Å². The smallest absolute Gasteiger partial charge is 0.0119 e. The van der Waals surface area contributed by atoms with Crippen molar-refractivity contribution in [3.63, 3.8) is 0 Å². The fraction of sp³-hybridized carbons (Fsp3) is 1.00. The maximum atomic E-state index is 2.64. The van der Waals surface area contributed by atoms with Crippen molar-refractivity contribution in [3.8, 4) is 0 Å². The molecule has 0 atom stereocenters. The average Bonchev–Trinajstić information content (AvgIpc) is 3.00. The Kier molecular flexibility index (Phi) is 3.13. The van der Waals surface area contributed by atoms with Crippen LogP contribution in [0.3, 0.4) is 0 Å². The highest BCUT2D eigenvalue weighted by Gasteiger charge is 2.32. The molecule has 0 amide bonds. The molecule has 0 spiro atoms. The quantitative estimate of drug-likeness (QED) is 0.681. The minimum atomic E-state index is 0.738. The number of nitrogens with zero attached hydrogens (tertiary/aromatic N) is 2. The minimum absolute atomic E-state index is 0.738. The third kappa shape index (κ3) is 2.29. The van der Waals surface area contributed by atoms with Crippen LogP contribution in [0, 0.1) is 0 Å². The summed E-state index contributed by atoms with van der Waals surface area (Å²) in [6.45, 7) is 7.23. The van der Waals surface area contributed by atoms with Gasteiger partial charge in [-0.3, -0.25) is 0 Å². The lowest BCUT2D eigenvalue weighted by atomic mass is 10.0. The molecule has 1 heterocycles. The van der Waals surface area contributed by atoms with E-state index in [0.717, 1.165) is 18.1 Å². The molecular weight excluding hydrogens is 172 g/mol. The second kappa shape index (κ2) is 4.19. The van der Waals surface area contributed by atoms with Crippen LogP contribution < -0.4 is 0 Å². The van der Waals surface area contributed by atoms with E-state index in [-0.39, 0.29) is 0 Å². The van der Waals surface area contributed by atoms with Crippen LogP contribution in [-0.2, 0) is 0 Å². The van der Waals surface area contributed by atoms with Gasteiger partial charge >= 0.3 is 0 Å². The van der Waals surface area contributed by atoms with Gasteiger partial charge in [-0.15, -0.1) is 0 Å². The van der Waals surface area contributed by atoms with Gasteiger partial charge in [-0.1, -0.05) is 0 Å². The van der Waals surface area contributed by atoms with Crippen molar-refractivity contribution in [2.75, 3.05) is 20.1 Å². The van der Waals surface area contributed by atoms with Crippen LogP contribution in [0.2, 0.25) is 0 Å². The molecule has 2 rings (SSSR count). The Morgan fingerprint density at radius 1 is 1.00 bits per heavy atom. The van der Waals surface area contributed by atoms with E-state index < -0.39 is 0 Å². The maximum Gasteiger partial charge on any atom is 0.0119 e. The van der Waals surface area contributed by atoms with Gasteiger partial charge in [-0.25, -0.2) is 0 Å². The van der Waals surface area contributed by atoms with E-state index in [2.05, 4.69) is 30.7 Å². The largest absolute Gasteiger partial charge is 0.301 e. The Morgan fingerprint density at radius 3 is 1.93 bits per heavy atom. The molecule has 0 aromatic rings. The Balaban J connectivity index is 1.77. The van der Waals surface area contributed by atoms with Gasteiger partial charge < -0.3 is 9.80 Å². The third-order valence-corrected chi connectivity index (χ3v) is 3.93. The molecule has 0 unspecified atom stereocenters. The first-order valence-electron chi connectivity index (χ1n) is 6.14.